The molecular formula is C28H43NO4. The normalized spacial score (nSPS) is 17.9. The van der Waals surface area contributed by atoms with E-state index in [1.807, 2.05) is 24.3 Å². The topological polar surface area (TPSA) is 104 Å². The summed E-state index contributed by atoms with van der Waals surface area (Å²) >= 11 is 0. The van der Waals surface area contributed by atoms with Gasteiger partial charge < -0.3 is 21.1 Å². The smallest absolute Gasteiger partial charge is 0.304 e. The number of nitrogens with two attached hydrogens (primary N) is 1. The van der Waals surface area contributed by atoms with Crippen molar-refractivity contribution in [3.8, 4) is 5.75 Å². The third-order valence-electron chi connectivity index (χ3n) is 6.72. The average molecular weight is 458 g/mol. The van der Waals surface area contributed by atoms with Crippen LogP contribution in [0.5, 0.6) is 5.75 Å². The van der Waals surface area contributed by atoms with E-state index in [1.165, 1.54) is 50.5 Å². The summed E-state index contributed by atoms with van der Waals surface area (Å²) in [5.74, 6) is 0.285. The third kappa shape index (κ3) is 11.5. The molecule has 1 aliphatic rings. The van der Waals surface area contributed by atoms with E-state index in [4.69, 9.17) is 10.8 Å². The van der Waals surface area contributed by atoms with Gasteiger partial charge in [0.25, 0.3) is 0 Å². The van der Waals surface area contributed by atoms with Crippen LogP contribution in [0, 0.1) is 17.8 Å². The van der Waals surface area contributed by atoms with Gasteiger partial charge in [-0.3, -0.25) is 4.79 Å². The van der Waals surface area contributed by atoms with E-state index >= 15 is 0 Å². The van der Waals surface area contributed by atoms with Gasteiger partial charge in [-0.05, 0) is 81.0 Å². The van der Waals surface area contributed by atoms with Crippen molar-refractivity contribution >= 4 is 5.97 Å². The Balaban J connectivity index is 1.76. The number of phenols is 1. The van der Waals surface area contributed by atoms with E-state index < -0.39 is 5.97 Å². The van der Waals surface area contributed by atoms with E-state index in [-0.39, 0.29) is 24.7 Å². The largest absolute Gasteiger partial charge is 0.508 e. The molecule has 3 atom stereocenters. The first kappa shape index (κ1) is 27.1. The lowest BCUT2D eigenvalue weighted by atomic mass is 9.90. The van der Waals surface area contributed by atoms with Gasteiger partial charge in [-0.15, -0.1) is 0 Å². The Labute approximate surface area is 199 Å². The van der Waals surface area contributed by atoms with Crippen LogP contribution >= 0.6 is 0 Å². The van der Waals surface area contributed by atoms with Gasteiger partial charge in [0.1, 0.15) is 5.75 Å². The van der Waals surface area contributed by atoms with Crippen molar-refractivity contribution in [2.75, 3.05) is 13.2 Å². The molecule has 0 heterocycles. The predicted octanol–water partition coefficient (Wildman–Crippen LogP) is 5.61. The molecule has 2 rings (SSSR count). The molecule has 184 valence electrons. The summed E-state index contributed by atoms with van der Waals surface area (Å²) in [6.07, 6.45) is 19.1. The van der Waals surface area contributed by atoms with Crippen molar-refractivity contribution in [1.29, 1.82) is 0 Å². The second kappa shape index (κ2) is 15.7. The highest BCUT2D eigenvalue weighted by Crippen LogP contribution is 2.30. The summed E-state index contributed by atoms with van der Waals surface area (Å²) in [5, 5.41) is 27.9. The second-order valence-electron chi connectivity index (χ2n) is 9.59. The van der Waals surface area contributed by atoms with Crippen LogP contribution in [0.15, 0.2) is 48.1 Å². The Morgan fingerprint density at radius 3 is 2.61 bits per heavy atom. The number of carboxylic acids is 1. The van der Waals surface area contributed by atoms with E-state index in [0.717, 1.165) is 38.1 Å². The summed E-state index contributed by atoms with van der Waals surface area (Å²) in [6, 6.07) is 7.41. The molecule has 5 N–H and O–H groups in total. The minimum atomic E-state index is -0.886. The van der Waals surface area contributed by atoms with Crippen molar-refractivity contribution in [3.05, 3.63) is 53.6 Å². The molecule has 33 heavy (non-hydrogen) atoms. The number of aromatic hydroxyl groups is 1. The third-order valence-corrected chi connectivity index (χ3v) is 6.72. The molecule has 0 spiro atoms. The number of hydrogen-bond acceptors (Lipinski definition) is 4. The second-order valence-corrected chi connectivity index (χ2v) is 9.59. The Morgan fingerprint density at radius 1 is 1.15 bits per heavy atom. The minimum absolute atomic E-state index is 0.0421. The zero-order chi connectivity index (χ0) is 23.9. The van der Waals surface area contributed by atoms with Crippen molar-refractivity contribution < 1.29 is 20.1 Å². The van der Waals surface area contributed by atoms with E-state index in [2.05, 4.69) is 6.08 Å². The SMILES string of the molecule is NCCC1=C[C@@H](CCCCCC[C@H](C/C=C/[C@H](CO)CC(=O)O)Cc2ccc(O)cc2)CC1. The lowest BCUT2D eigenvalue weighted by Crippen LogP contribution is -2.10. The van der Waals surface area contributed by atoms with E-state index in [9.17, 15) is 15.0 Å². The lowest BCUT2D eigenvalue weighted by molar-refractivity contribution is -0.138. The highest BCUT2D eigenvalue weighted by atomic mass is 16.4. The van der Waals surface area contributed by atoms with E-state index in [0.29, 0.717) is 5.92 Å². The number of benzene rings is 1. The van der Waals surface area contributed by atoms with Crippen LogP contribution in [0.25, 0.3) is 0 Å². The first-order chi connectivity index (χ1) is 16.0. The van der Waals surface area contributed by atoms with Crippen LogP contribution in [-0.2, 0) is 11.2 Å². The summed E-state index contributed by atoms with van der Waals surface area (Å²) < 4.78 is 0. The van der Waals surface area contributed by atoms with Gasteiger partial charge in [0.2, 0.25) is 0 Å². The summed E-state index contributed by atoms with van der Waals surface area (Å²) in [6.45, 7) is 0.620. The number of aliphatic hydroxyl groups is 1. The molecule has 5 heteroatoms. The number of allylic oxidation sites excluding steroid dienone is 2. The van der Waals surface area contributed by atoms with Gasteiger partial charge in [0, 0.05) is 12.5 Å². The minimum Gasteiger partial charge on any atom is -0.508 e. The number of aliphatic hydroxyl groups excluding tert-OH is 1. The molecule has 0 saturated heterocycles. The van der Waals surface area contributed by atoms with Crippen LogP contribution < -0.4 is 5.73 Å². The number of hydrogen-bond donors (Lipinski definition) is 4. The summed E-state index contributed by atoms with van der Waals surface area (Å²) in [5.41, 5.74) is 8.43. The quantitative estimate of drug-likeness (QED) is 0.180. The molecule has 0 unspecified atom stereocenters. The maximum atomic E-state index is 10.9. The molecular weight excluding hydrogens is 414 g/mol. The van der Waals surface area contributed by atoms with Crippen LogP contribution in [0.2, 0.25) is 0 Å². The number of phenolic OH excluding ortho intramolecular Hbond substituents is 1. The van der Waals surface area contributed by atoms with Crippen molar-refractivity contribution in [2.45, 2.75) is 77.0 Å². The van der Waals surface area contributed by atoms with Crippen LogP contribution in [-0.4, -0.2) is 34.4 Å². The highest BCUT2D eigenvalue weighted by Gasteiger charge is 2.15. The van der Waals surface area contributed by atoms with Gasteiger partial charge in [0.05, 0.1) is 6.42 Å². The lowest BCUT2D eigenvalue weighted by Gasteiger charge is -2.16. The zero-order valence-electron chi connectivity index (χ0n) is 20.0. The molecule has 0 aliphatic heterocycles. The van der Waals surface area contributed by atoms with Crippen LogP contribution in [0.3, 0.4) is 0 Å². The Hall–Kier alpha value is -2.11. The molecule has 1 aromatic carbocycles. The summed E-state index contributed by atoms with van der Waals surface area (Å²) in [7, 11) is 0. The van der Waals surface area contributed by atoms with Crippen molar-refractivity contribution in [1.82, 2.24) is 0 Å². The molecule has 5 nitrogen and oxygen atoms in total. The molecule has 1 aliphatic carbocycles. The number of rotatable bonds is 17. The molecule has 0 fully saturated rings. The summed E-state index contributed by atoms with van der Waals surface area (Å²) in [4.78, 5) is 10.9. The number of carboxylic acid groups (broad SMARTS) is 1. The Kier molecular flexibility index (Phi) is 12.9. The van der Waals surface area contributed by atoms with Crippen molar-refractivity contribution in [2.24, 2.45) is 23.5 Å². The van der Waals surface area contributed by atoms with Gasteiger partial charge in [-0.25, -0.2) is 0 Å². The van der Waals surface area contributed by atoms with Crippen molar-refractivity contribution in [3.63, 3.8) is 0 Å². The number of carbonyl (C=O) groups is 1. The molecule has 0 aromatic heterocycles. The maximum absolute atomic E-state index is 10.9. The molecule has 0 radical (unpaired) electrons. The van der Waals surface area contributed by atoms with Gasteiger partial charge in [-0.1, -0.05) is 61.6 Å². The molecule has 0 saturated carbocycles. The van der Waals surface area contributed by atoms with Gasteiger partial charge in [-0.2, -0.15) is 0 Å². The fraction of sp³-hybridized carbons (Fsp3) is 0.607. The first-order valence-corrected chi connectivity index (χ1v) is 12.7. The standard InChI is InChI=1S/C28H43NO4/c29-17-16-25-11-10-23(19-25)7-4-2-1-3-6-22(18-24-12-14-27(31)15-13-24)8-5-9-26(21-30)20-28(32)33/h5,9,12-15,19,22-23,26,30-31H,1-4,6-8,10-11,16-18,20-21,29H2,(H,32,33)/b9-5+/t22-,23+,26+/m1/s1. The number of aliphatic carboxylic acids is 1. The Morgan fingerprint density at radius 2 is 1.91 bits per heavy atom. The maximum Gasteiger partial charge on any atom is 0.304 e. The number of unbranched alkanes of at least 4 members (excludes halogenated alkanes) is 3. The molecule has 0 bridgehead atoms. The predicted molar refractivity (Wildman–Crippen MR) is 134 cm³/mol. The van der Waals surface area contributed by atoms with Gasteiger partial charge >= 0.3 is 5.97 Å². The molecule has 1 aromatic rings. The van der Waals surface area contributed by atoms with Gasteiger partial charge in [0.15, 0.2) is 0 Å². The Bertz CT molecular complexity index is 741. The fourth-order valence-corrected chi connectivity index (χ4v) is 4.84. The fourth-order valence-electron chi connectivity index (χ4n) is 4.84. The van der Waals surface area contributed by atoms with E-state index in [1.54, 1.807) is 17.7 Å². The first-order valence-electron chi connectivity index (χ1n) is 12.7. The molecule has 0 amide bonds. The zero-order valence-corrected chi connectivity index (χ0v) is 20.0. The monoisotopic (exact) mass is 457 g/mol. The highest BCUT2D eigenvalue weighted by molar-refractivity contribution is 5.67. The average Bonchev–Trinajstić information content (AvgIpc) is 3.24. The van der Waals surface area contributed by atoms with Crippen LogP contribution in [0.1, 0.15) is 76.2 Å². The van der Waals surface area contributed by atoms with Crippen LogP contribution in [0.4, 0.5) is 0 Å².